The lowest BCUT2D eigenvalue weighted by Gasteiger charge is -2.35. The molecular formula is C19H21BrN6O. The van der Waals surface area contributed by atoms with Gasteiger partial charge in [-0.2, -0.15) is 4.98 Å². The van der Waals surface area contributed by atoms with Crippen molar-refractivity contribution in [3.8, 4) is 0 Å². The van der Waals surface area contributed by atoms with Gasteiger partial charge in [-0.1, -0.05) is 35.0 Å². The molecule has 0 N–H and O–H groups in total. The number of hydrogen-bond donors (Lipinski definition) is 0. The summed E-state index contributed by atoms with van der Waals surface area (Å²) in [5, 5.41) is 8.04. The number of carbonyl (C=O) groups excluding carboxylic acids is 1. The molecular weight excluding hydrogens is 408 g/mol. The zero-order chi connectivity index (χ0) is 18.8. The molecule has 1 aliphatic rings. The molecule has 0 bridgehead atoms. The highest BCUT2D eigenvalue weighted by molar-refractivity contribution is 9.10. The van der Waals surface area contributed by atoms with Gasteiger partial charge in [0.25, 0.3) is 5.78 Å². The van der Waals surface area contributed by atoms with Crippen molar-refractivity contribution in [3.63, 3.8) is 0 Å². The SMILES string of the molecule is CCc1cc(N2CCN(C(=O)Cc3ccc(Br)cc3)CC2)nc2nncn12. The minimum atomic E-state index is 0.173. The van der Waals surface area contributed by atoms with Gasteiger partial charge in [-0.05, 0) is 24.1 Å². The molecule has 0 atom stereocenters. The Morgan fingerprint density at radius 3 is 2.59 bits per heavy atom. The second-order valence-corrected chi connectivity index (χ2v) is 7.55. The maximum Gasteiger partial charge on any atom is 0.256 e. The van der Waals surface area contributed by atoms with E-state index in [0.717, 1.165) is 41.1 Å². The number of aromatic nitrogens is 4. The highest BCUT2D eigenvalue weighted by atomic mass is 79.9. The Labute approximate surface area is 166 Å². The van der Waals surface area contributed by atoms with Crippen molar-refractivity contribution in [1.29, 1.82) is 0 Å². The van der Waals surface area contributed by atoms with Crippen LogP contribution in [-0.2, 0) is 17.6 Å². The molecule has 1 aliphatic heterocycles. The summed E-state index contributed by atoms with van der Waals surface area (Å²) in [5.41, 5.74) is 2.17. The molecule has 3 aromatic rings. The van der Waals surface area contributed by atoms with Gasteiger partial charge in [0.05, 0.1) is 6.42 Å². The number of halogens is 1. The Morgan fingerprint density at radius 1 is 1.15 bits per heavy atom. The van der Waals surface area contributed by atoms with Crippen molar-refractivity contribution in [2.75, 3.05) is 31.1 Å². The molecule has 3 heterocycles. The molecule has 2 aromatic heterocycles. The van der Waals surface area contributed by atoms with Gasteiger partial charge in [0.1, 0.15) is 12.1 Å². The van der Waals surface area contributed by atoms with Crippen LogP contribution in [0.1, 0.15) is 18.2 Å². The first-order chi connectivity index (χ1) is 13.1. The van der Waals surface area contributed by atoms with E-state index in [1.54, 1.807) is 6.33 Å². The zero-order valence-corrected chi connectivity index (χ0v) is 16.8. The van der Waals surface area contributed by atoms with Crippen molar-refractivity contribution in [2.24, 2.45) is 0 Å². The summed E-state index contributed by atoms with van der Waals surface area (Å²) in [7, 11) is 0. The van der Waals surface area contributed by atoms with Crippen molar-refractivity contribution in [3.05, 3.63) is 52.4 Å². The van der Waals surface area contributed by atoms with Crippen LogP contribution in [0.2, 0.25) is 0 Å². The van der Waals surface area contributed by atoms with E-state index in [2.05, 4.69) is 49.0 Å². The van der Waals surface area contributed by atoms with E-state index in [-0.39, 0.29) is 5.91 Å². The number of rotatable bonds is 4. The third-order valence-electron chi connectivity index (χ3n) is 4.94. The number of fused-ring (bicyclic) bond motifs is 1. The van der Waals surface area contributed by atoms with Crippen LogP contribution in [0.25, 0.3) is 5.78 Å². The predicted molar refractivity (Wildman–Crippen MR) is 107 cm³/mol. The van der Waals surface area contributed by atoms with Crippen LogP contribution in [0.4, 0.5) is 5.82 Å². The number of hydrogen-bond acceptors (Lipinski definition) is 5. The fourth-order valence-electron chi connectivity index (χ4n) is 3.37. The van der Waals surface area contributed by atoms with Gasteiger partial charge in [-0.3, -0.25) is 9.20 Å². The zero-order valence-electron chi connectivity index (χ0n) is 15.2. The number of nitrogens with zero attached hydrogens (tertiary/aromatic N) is 6. The summed E-state index contributed by atoms with van der Waals surface area (Å²) >= 11 is 3.42. The fraction of sp³-hybridized carbons (Fsp3) is 0.368. The lowest BCUT2D eigenvalue weighted by atomic mass is 10.1. The van der Waals surface area contributed by atoms with E-state index >= 15 is 0 Å². The summed E-state index contributed by atoms with van der Waals surface area (Å²) in [6.45, 7) is 5.06. The molecule has 0 aliphatic carbocycles. The molecule has 0 unspecified atom stereocenters. The molecule has 27 heavy (non-hydrogen) atoms. The molecule has 140 valence electrons. The molecule has 4 rings (SSSR count). The molecule has 7 nitrogen and oxygen atoms in total. The van der Waals surface area contributed by atoms with E-state index in [4.69, 9.17) is 0 Å². The van der Waals surface area contributed by atoms with Crippen LogP contribution in [0.3, 0.4) is 0 Å². The normalized spacial score (nSPS) is 14.7. The third-order valence-corrected chi connectivity index (χ3v) is 5.47. The predicted octanol–water partition coefficient (Wildman–Crippen LogP) is 2.34. The lowest BCUT2D eigenvalue weighted by molar-refractivity contribution is -0.130. The summed E-state index contributed by atoms with van der Waals surface area (Å²) in [6.07, 6.45) is 3.02. The highest BCUT2D eigenvalue weighted by Crippen LogP contribution is 2.18. The maximum absolute atomic E-state index is 12.6. The topological polar surface area (TPSA) is 66.6 Å². The van der Waals surface area contributed by atoms with Gasteiger partial charge in [-0.25, -0.2) is 0 Å². The van der Waals surface area contributed by atoms with Crippen molar-refractivity contribution in [1.82, 2.24) is 24.5 Å². The van der Waals surface area contributed by atoms with E-state index in [1.807, 2.05) is 33.6 Å². The van der Waals surface area contributed by atoms with Crippen LogP contribution in [0, 0.1) is 0 Å². The number of anilines is 1. The Kier molecular flexibility index (Phi) is 5.07. The third kappa shape index (κ3) is 3.80. The highest BCUT2D eigenvalue weighted by Gasteiger charge is 2.23. The molecule has 8 heteroatoms. The minimum Gasteiger partial charge on any atom is -0.353 e. The molecule has 0 saturated carbocycles. The van der Waals surface area contributed by atoms with E-state index in [0.29, 0.717) is 25.3 Å². The molecule has 1 fully saturated rings. The molecule has 1 saturated heterocycles. The summed E-state index contributed by atoms with van der Waals surface area (Å²) in [6, 6.07) is 10.0. The number of carbonyl (C=O) groups is 1. The van der Waals surface area contributed by atoms with E-state index in [1.165, 1.54) is 0 Å². The maximum atomic E-state index is 12.6. The van der Waals surface area contributed by atoms with Crippen LogP contribution in [0.5, 0.6) is 0 Å². The number of benzene rings is 1. The number of aryl methyl sites for hydroxylation is 1. The van der Waals surface area contributed by atoms with E-state index in [9.17, 15) is 4.79 Å². The van der Waals surface area contributed by atoms with Crippen LogP contribution in [0.15, 0.2) is 41.1 Å². The van der Waals surface area contributed by atoms with Gasteiger partial charge in [-0.15, -0.1) is 10.2 Å². The van der Waals surface area contributed by atoms with Gasteiger partial charge < -0.3 is 9.80 Å². The monoisotopic (exact) mass is 428 g/mol. The summed E-state index contributed by atoms with van der Waals surface area (Å²) in [5.74, 6) is 1.71. The first kappa shape index (κ1) is 17.9. The Bertz CT molecular complexity index is 946. The lowest BCUT2D eigenvalue weighted by Crippen LogP contribution is -2.49. The fourth-order valence-corrected chi connectivity index (χ4v) is 3.63. The van der Waals surface area contributed by atoms with Gasteiger partial charge >= 0.3 is 0 Å². The van der Waals surface area contributed by atoms with Crippen LogP contribution in [-0.4, -0.2) is 56.6 Å². The Balaban J connectivity index is 1.41. The minimum absolute atomic E-state index is 0.173. The Hall–Kier alpha value is -2.48. The van der Waals surface area contributed by atoms with Gasteiger partial charge in [0.2, 0.25) is 5.91 Å². The second kappa shape index (κ2) is 7.64. The first-order valence-corrected chi connectivity index (χ1v) is 9.90. The smallest absolute Gasteiger partial charge is 0.256 e. The summed E-state index contributed by atoms with van der Waals surface area (Å²) in [4.78, 5) is 21.4. The largest absolute Gasteiger partial charge is 0.353 e. The van der Waals surface area contributed by atoms with Gasteiger partial charge in [0, 0.05) is 42.4 Å². The number of piperazine rings is 1. The average Bonchev–Trinajstić information content (AvgIpc) is 3.18. The van der Waals surface area contributed by atoms with Crippen LogP contribution >= 0.6 is 15.9 Å². The molecule has 0 spiro atoms. The second-order valence-electron chi connectivity index (χ2n) is 6.63. The first-order valence-electron chi connectivity index (χ1n) is 9.11. The molecule has 1 amide bonds. The standard InChI is InChI=1S/C19H21BrN6O/c1-2-16-12-17(22-19-23-21-13-26(16)19)24-7-9-25(10-8-24)18(27)11-14-3-5-15(20)6-4-14/h3-6,12-13H,2,7-11H2,1H3. The number of amides is 1. The Morgan fingerprint density at radius 2 is 1.89 bits per heavy atom. The van der Waals surface area contributed by atoms with Crippen molar-refractivity contribution in [2.45, 2.75) is 19.8 Å². The average molecular weight is 429 g/mol. The quantitative estimate of drug-likeness (QED) is 0.637. The van der Waals surface area contributed by atoms with Crippen LogP contribution < -0.4 is 4.90 Å². The van der Waals surface area contributed by atoms with Crippen molar-refractivity contribution >= 4 is 33.4 Å². The summed E-state index contributed by atoms with van der Waals surface area (Å²) < 4.78 is 2.94. The van der Waals surface area contributed by atoms with Crippen molar-refractivity contribution < 1.29 is 4.79 Å². The van der Waals surface area contributed by atoms with Gasteiger partial charge in [0.15, 0.2) is 0 Å². The molecule has 1 aromatic carbocycles. The molecule has 0 radical (unpaired) electrons. The van der Waals surface area contributed by atoms with E-state index < -0.39 is 0 Å².